The first-order valence-electron chi connectivity index (χ1n) is 8.43. The Bertz CT molecular complexity index is 833. The zero-order chi connectivity index (χ0) is 16.7. The van der Waals surface area contributed by atoms with E-state index in [-0.39, 0.29) is 17.4 Å². The highest BCUT2D eigenvalue weighted by molar-refractivity contribution is 5.94. The van der Waals surface area contributed by atoms with Gasteiger partial charge in [-0.1, -0.05) is 5.16 Å². The minimum Gasteiger partial charge on any atom is -0.360 e. The second kappa shape index (κ2) is 5.89. The van der Waals surface area contributed by atoms with Crippen molar-refractivity contribution in [3.05, 3.63) is 45.2 Å². The summed E-state index contributed by atoms with van der Waals surface area (Å²) in [6, 6.07) is 3.24. The monoisotopic (exact) mass is 328 g/mol. The van der Waals surface area contributed by atoms with Gasteiger partial charge in [-0.25, -0.2) is 4.68 Å². The molecule has 0 N–H and O–H groups in total. The number of carbonyl (C=O) groups is 1. The van der Waals surface area contributed by atoms with E-state index >= 15 is 0 Å². The smallest absolute Gasteiger partial charge is 0.276 e. The molecule has 2 aliphatic rings. The summed E-state index contributed by atoms with van der Waals surface area (Å²) in [6.07, 6.45) is 3.93. The third-order valence-corrected chi connectivity index (χ3v) is 4.83. The minimum absolute atomic E-state index is 0.0531. The summed E-state index contributed by atoms with van der Waals surface area (Å²) >= 11 is 0. The third kappa shape index (κ3) is 2.64. The highest BCUT2D eigenvalue weighted by atomic mass is 16.5. The van der Waals surface area contributed by atoms with Gasteiger partial charge in [-0.2, -0.15) is 5.10 Å². The van der Waals surface area contributed by atoms with Crippen LogP contribution >= 0.6 is 0 Å². The van der Waals surface area contributed by atoms with Crippen molar-refractivity contribution in [2.45, 2.75) is 39.2 Å². The molecule has 24 heavy (non-hydrogen) atoms. The number of aromatic nitrogens is 3. The van der Waals surface area contributed by atoms with E-state index in [9.17, 15) is 9.59 Å². The van der Waals surface area contributed by atoms with Crippen molar-refractivity contribution in [1.82, 2.24) is 19.8 Å². The van der Waals surface area contributed by atoms with Crippen molar-refractivity contribution in [2.24, 2.45) is 5.92 Å². The van der Waals surface area contributed by atoms with Crippen molar-refractivity contribution in [3.8, 4) is 0 Å². The van der Waals surface area contributed by atoms with Crippen LogP contribution in [0.4, 0.5) is 0 Å². The van der Waals surface area contributed by atoms with Crippen LogP contribution < -0.4 is 5.56 Å². The Balaban J connectivity index is 1.40. The molecule has 1 amide bonds. The van der Waals surface area contributed by atoms with Gasteiger partial charge in [0.15, 0.2) is 5.69 Å². The summed E-state index contributed by atoms with van der Waals surface area (Å²) in [4.78, 5) is 26.2. The number of amides is 1. The van der Waals surface area contributed by atoms with Gasteiger partial charge in [0.25, 0.3) is 11.5 Å². The molecule has 3 heterocycles. The average Bonchev–Trinajstić information content (AvgIpc) is 2.97. The van der Waals surface area contributed by atoms with E-state index in [0.29, 0.717) is 25.3 Å². The van der Waals surface area contributed by atoms with Gasteiger partial charge in [0, 0.05) is 37.1 Å². The molecule has 1 aliphatic carbocycles. The summed E-state index contributed by atoms with van der Waals surface area (Å²) in [7, 11) is 0. The van der Waals surface area contributed by atoms with Crippen LogP contribution in [0, 0.1) is 12.8 Å². The Kier molecular flexibility index (Phi) is 3.70. The van der Waals surface area contributed by atoms with Crippen LogP contribution in [0.25, 0.3) is 0 Å². The highest BCUT2D eigenvalue weighted by Gasteiger charge is 2.35. The first kappa shape index (κ1) is 15.1. The Morgan fingerprint density at radius 3 is 2.92 bits per heavy atom. The molecule has 4 rings (SSSR count). The van der Waals surface area contributed by atoms with Gasteiger partial charge >= 0.3 is 0 Å². The fourth-order valence-corrected chi connectivity index (χ4v) is 3.48. The summed E-state index contributed by atoms with van der Waals surface area (Å²) in [5.41, 5.74) is 2.19. The second-order valence-corrected chi connectivity index (χ2v) is 6.71. The fraction of sp³-hybridized carbons (Fsp3) is 0.529. The zero-order valence-electron chi connectivity index (χ0n) is 13.7. The summed E-state index contributed by atoms with van der Waals surface area (Å²) in [5.74, 6) is 1.07. The van der Waals surface area contributed by atoms with Gasteiger partial charge in [-0.3, -0.25) is 9.59 Å². The lowest BCUT2D eigenvalue weighted by Gasteiger charge is -2.38. The van der Waals surface area contributed by atoms with Gasteiger partial charge < -0.3 is 9.42 Å². The molecule has 1 saturated heterocycles. The molecule has 0 atom stereocenters. The molecular formula is C17H20N4O3. The first-order chi connectivity index (χ1) is 11.6. The predicted molar refractivity (Wildman–Crippen MR) is 85.8 cm³/mol. The molecule has 2 aromatic rings. The van der Waals surface area contributed by atoms with Crippen LogP contribution in [0.2, 0.25) is 0 Å². The number of hydrogen-bond donors (Lipinski definition) is 0. The van der Waals surface area contributed by atoms with Gasteiger partial charge in [0.2, 0.25) is 0 Å². The molecule has 126 valence electrons. The van der Waals surface area contributed by atoms with Gasteiger partial charge in [-0.15, -0.1) is 0 Å². The van der Waals surface area contributed by atoms with Crippen LogP contribution in [0.3, 0.4) is 0 Å². The largest absolute Gasteiger partial charge is 0.360 e. The van der Waals surface area contributed by atoms with Gasteiger partial charge in [0.05, 0.1) is 12.2 Å². The molecule has 2 aromatic heterocycles. The minimum atomic E-state index is -0.101. The lowest BCUT2D eigenvalue weighted by molar-refractivity contribution is 0.0447. The van der Waals surface area contributed by atoms with Crippen molar-refractivity contribution in [3.63, 3.8) is 0 Å². The van der Waals surface area contributed by atoms with Crippen LogP contribution in [0.5, 0.6) is 0 Å². The maximum Gasteiger partial charge on any atom is 0.276 e. The molecular weight excluding hydrogens is 308 g/mol. The Hall–Kier alpha value is -2.44. The molecule has 7 nitrogen and oxygen atoms in total. The number of hydrogen-bond acceptors (Lipinski definition) is 5. The quantitative estimate of drug-likeness (QED) is 0.845. The van der Waals surface area contributed by atoms with E-state index < -0.39 is 0 Å². The molecule has 1 fully saturated rings. The molecule has 7 heteroatoms. The van der Waals surface area contributed by atoms with Crippen molar-refractivity contribution in [1.29, 1.82) is 0 Å². The van der Waals surface area contributed by atoms with Crippen LogP contribution in [0.1, 0.15) is 40.3 Å². The van der Waals surface area contributed by atoms with Crippen molar-refractivity contribution in [2.75, 3.05) is 13.1 Å². The highest BCUT2D eigenvalue weighted by Crippen LogP contribution is 2.27. The summed E-state index contributed by atoms with van der Waals surface area (Å²) in [5, 5.41) is 8.25. The van der Waals surface area contributed by atoms with E-state index in [4.69, 9.17) is 4.52 Å². The number of nitrogens with zero attached hydrogens (tertiary/aromatic N) is 4. The van der Waals surface area contributed by atoms with E-state index in [1.807, 2.05) is 6.92 Å². The molecule has 1 aliphatic heterocycles. The number of fused-ring (bicyclic) bond motifs is 1. The van der Waals surface area contributed by atoms with Crippen molar-refractivity contribution < 1.29 is 9.32 Å². The van der Waals surface area contributed by atoms with E-state index in [2.05, 4.69) is 10.3 Å². The first-order valence-corrected chi connectivity index (χ1v) is 8.43. The number of aryl methyl sites for hydroxylation is 2. The second-order valence-electron chi connectivity index (χ2n) is 6.71. The van der Waals surface area contributed by atoms with Crippen molar-refractivity contribution >= 4 is 5.91 Å². The SMILES string of the molecule is Cc1ccc(=O)n(CC2CN(C(=O)c3noc4c3CCCC4)C2)n1. The lowest BCUT2D eigenvalue weighted by Crippen LogP contribution is -2.52. The normalized spacial score (nSPS) is 17.5. The molecule has 0 unspecified atom stereocenters. The average molecular weight is 328 g/mol. The number of likely N-dealkylation sites (tertiary alicyclic amines) is 1. The van der Waals surface area contributed by atoms with E-state index in [1.54, 1.807) is 11.0 Å². The lowest BCUT2D eigenvalue weighted by atomic mass is 9.94. The summed E-state index contributed by atoms with van der Waals surface area (Å²) < 4.78 is 6.81. The fourth-order valence-electron chi connectivity index (χ4n) is 3.48. The molecule has 0 bridgehead atoms. The van der Waals surface area contributed by atoms with Gasteiger partial charge in [0.1, 0.15) is 5.76 Å². The molecule has 0 saturated carbocycles. The molecule has 0 radical (unpaired) electrons. The third-order valence-electron chi connectivity index (χ3n) is 4.83. The molecule has 0 aromatic carbocycles. The number of rotatable bonds is 3. The molecule has 0 spiro atoms. The zero-order valence-corrected chi connectivity index (χ0v) is 13.7. The van der Waals surface area contributed by atoms with Gasteiger partial charge in [-0.05, 0) is 32.3 Å². The van der Waals surface area contributed by atoms with Crippen LogP contribution in [-0.2, 0) is 19.4 Å². The van der Waals surface area contributed by atoms with Crippen LogP contribution in [-0.4, -0.2) is 38.8 Å². The predicted octanol–water partition coefficient (Wildman–Crippen LogP) is 1.19. The Labute approximate surface area is 139 Å². The maximum absolute atomic E-state index is 12.6. The topological polar surface area (TPSA) is 81.2 Å². The van der Waals surface area contributed by atoms with E-state index in [1.165, 1.54) is 10.7 Å². The Morgan fingerprint density at radius 1 is 1.29 bits per heavy atom. The summed E-state index contributed by atoms with van der Waals surface area (Å²) in [6.45, 7) is 3.66. The maximum atomic E-state index is 12.6. The Morgan fingerprint density at radius 2 is 2.08 bits per heavy atom. The standard InChI is InChI=1S/C17H20N4O3/c1-11-6-7-15(22)21(18-11)10-12-8-20(9-12)17(23)16-13-4-2-3-5-14(13)24-19-16/h6-7,12H,2-5,8-10H2,1H3. The number of carbonyl (C=O) groups excluding carboxylic acids is 1. The van der Waals surface area contributed by atoms with E-state index in [0.717, 1.165) is 42.7 Å². The van der Waals surface area contributed by atoms with Crippen LogP contribution in [0.15, 0.2) is 21.5 Å².